The van der Waals surface area contributed by atoms with Gasteiger partial charge in [0.05, 0.1) is 5.39 Å². The minimum absolute atomic E-state index is 0. The fraction of sp³-hybridized carbons (Fsp3) is 0.583. The molecule has 0 radical (unpaired) electrons. The van der Waals surface area contributed by atoms with E-state index in [1.165, 1.54) is 12.5 Å². The van der Waals surface area contributed by atoms with Crippen LogP contribution in [0, 0.1) is 12.3 Å². The van der Waals surface area contributed by atoms with Gasteiger partial charge in [-0.05, 0) is 87.7 Å². The molecule has 0 bridgehead atoms. The number of hydrogen-bond donors (Lipinski definition) is 1. The van der Waals surface area contributed by atoms with Crippen LogP contribution in [0.4, 0.5) is 0 Å². The van der Waals surface area contributed by atoms with E-state index in [0.29, 0.717) is 17.8 Å². The van der Waals surface area contributed by atoms with Crippen LogP contribution in [0.3, 0.4) is 0 Å². The van der Waals surface area contributed by atoms with Crippen molar-refractivity contribution in [2.45, 2.75) is 59.0 Å². The average Bonchev–Trinajstić information content (AvgIpc) is 2.72. The smallest absolute Gasteiger partial charge is 0.336 e. The van der Waals surface area contributed by atoms with Crippen LogP contribution in [0.1, 0.15) is 50.7 Å². The van der Waals surface area contributed by atoms with Gasteiger partial charge in [-0.2, -0.15) is 0 Å². The number of carbonyl (C=O) groups is 1. The number of piperidine rings is 2. The summed E-state index contributed by atoms with van der Waals surface area (Å²) in [4.78, 5) is 27.2. The summed E-state index contributed by atoms with van der Waals surface area (Å²) in [5.74, 6) is 0.651. The van der Waals surface area contributed by atoms with Crippen LogP contribution >= 0.6 is 12.4 Å². The fourth-order valence-electron chi connectivity index (χ4n) is 5.10. The molecule has 7 heteroatoms. The maximum atomic E-state index is 13.3. The van der Waals surface area contributed by atoms with Crippen molar-refractivity contribution in [3.05, 3.63) is 39.7 Å². The molecule has 1 amide bonds. The molecular weight excluding hydrogens is 416 g/mol. The maximum Gasteiger partial charge on any atom is 0.336 e. The van der Waals surface area contributed by atoms with Crippen LogP contribution in [0.5, 0.6) is 5.75 Å². The fourth-order valence-corrected chi connectivity index (χ4v) is 5.10. The van der Waals surface area contributed by atoms with Gasteiger partial charge in [0.15, 0.2) is 6.10 Å². The Bertz CT molecular complexity index is 991. The number of halogens is 1. The van der Waals surface area contributed by atoms with E-state index in [2.05, 4.69) is 5.32 Å². The molecule has 1 N–H and O–H groups in total. The molecule has 1 aromatic heterocycles. The minimum atomic E-state index is -0.594. The maximum absolute atomic E-state index is 13.3. The van der Waals surface area contributed by atoms with Crippen molar-refractivity contribution >= 4 is 29.3 Å². The van der Waals surface area contributed by atoms with Crippen molar-refractivity contribution in [1.29, 1.82) is 0 Å². The van der Waals surface area contributed by atoms with Crippen molar-refractivity contribution in [3.63, 3.8) is 0 Å². The molecule has 2 aliphatic heterocycles. The molecule has 2 fully saturated rings. The summed E-state index contributed by atoms with van der Waals surface area (Å²) < 4.78 is 11.6. The lowest BCUT2D eigenvalue weighted by Gasteiger charge is -2.45. The Kier molecular flexibility index (Phi) is 7.32. The highest BCUT2D eigenvalue weighted by Crippen LogP contribution is 2.38. The Morgan fingerprint density at radius 3 is 2.71 bits per heavy atom. The van der Waals surface area contributed by atoms with Crippen LogP contribution in [-0.2, 0) is 11.2 Å². The number of nitrogens with zero attached hydrogens (tertiary/aromatic N) is 1. The average molecular weight is 449 g/mol. The summed E-state index contributed by atoms with van der Waals surface area (Å²) >= 11 is 0. The Balaban J connectivity index is 0.00000272. The van der Waals surface area contributed by atoms with Crippen molar-refractivity contribution in [2.75, 3.05) is 26.2 Å². The van der Waals surface area contributed by atoms with Gasteiger partial charge >= 0.3 is 5.63 Å². The number of fused-ring (bicyclic) bond motifs is 1. The van der Waals surface area contributed by atoms with E-state index >= 15 is 0 Å². The van der Waals surface area contributed by atoms with Crippen LogP contribution < -0.4 is 15.7 Å². The summed E-state index contributed by atoms with van der Waals surface area (Å²) in [5, 5.41) is 4.22. The summed E-state index contributed by atoms with van der Waals surface area (Å²) in [5.41, 5.74) is 2.22. The highest BCUT2D eigenvalue weighted by atomic mass is 35.5. The Labute approximate surface area is 189 Å². The first-order chi connectivity index (χ1) is 14.4. The van der Waals surface area contributed by atoms with Crippen LogP contribution in [0.15, 0.2) is 27.4 Å². The summed E-state index contributed by atoms with van der Waals surface area (Å²) in [6.07, 6.45) is 4.61. The molecule has 1 unspecified atom stereocenters. The van der Waals surface area contributed by atoms with E-state index in [-0.39, 0.29) is 29.4 Å². The lowest BCUT2D eigenvalue weighted by Crippen LogP contribution is -2.52. The second-order valence-corrected chi connectivity index (χ2v) is 8.95. The second kappa shape index (κ2) is 9.61. The zero-order chi connectivity index (χ0) is 21.3. The number of amides is 1. The summed E-state index contributed by atoms with van der Waals surface area (Å²) in [7, 11) is 0. The monoisotopic (exact) mass is 448 g/mol. The molecule has 2 saturated heterocycles. The number of benzene rings is 1. The third kappa shape index (κ3) is 4.90. The van der Waals surface area contributed by atoms with Gasteiger partial charge < -0.3 is 19.4 Å². The Morgan fingerprint density at radius 2 is 2.00 bits per heavy atom. The first kappa shape index (κ1) is 23.6. The third-order valence-corrected chi connectivity index (χ3v) is 6.70. The van der Waals surface area contributed by atoms with Gasteiger partial charge in [0.2, 0.25) is 0 Å². The number of nitrogens with one attached hydrogen (secondary N) is 1. The number of rotatable bonds is 4. The van der Waals surface area contributed by atoms with E-state index < -0.39 is 6.10 Å². The molecule has 0 saturated carbocycles. The molecule has 31 heavy (non-hydrogen) atoms. The molecule has 6 nitrogen and oxygen atoms in total. The number of hydrogen-bond acceptors (Lipinski definition) is 5. The van der Waals surface area contributed by atoms with Gasteiger partial charge in [0.1, 0.15) is 11.3 Å². The predicted octanol–water partition coefficient (Wildman–Crippen LogP) is 3.85. The molecule has 1 atom stereocenters. The largest absolute Gasteiger partial charge is 0.480 e. The van der Waals surface area contributed by atoms with Crippen LogP contribution in [-0.4, -0.2) is 43.1 Å². The predicted molar refractivity (Wildman–Crippen MR) is 124 cm³/mol. The topological polar surface area (TPSA) is 71.8 Å². The lowest BCUT2D eigenvalue weighted by molar-refractivity contribution is -0.142. The SMILES string of the molecule is CCc1cc(=O)oc2cc(C)cc(OC(C)C(=O)N3CCCC4(CCNCC4)C3)c12.Cl. The first-order valence-corrected chi connectivity index (χ1v) is 11.1. The molecule has 1 aromatic carbocycles. The Morgan fingerprint density at radius 1 is 1.26 bits per heavy atom. The number of likely N-dealkylation sites (tertiary alicyclic amines) is 1. The Hall–Kier alpha value is -2.05. The molecule has 4 rings (SSSR count). The molecule has 1 spiro atoms. The molecule has 2 aromatic rings. The molecular formula is C24H33ClN2O4. The van der Waals surface area contributed by atoms with Gasteiger partial charge in [-0.15, -0.1) is 12.4 Å². The summed E-state index contributed by atoms with van der Waals surface area (Å²) in [6, 6.07) is 5.29. The molecule has 2 aliphatic rings. The molecule has 3 heterocycles. The second-order valence-electron chi connectivity index (χ2n) is 8.95. The van der Waals surface area contributed by atoms with Gasteiger partial charge in [-0.1, -0.05) is 6.92 Å². The standard InChI is InChI=1S/C24H32N2O4.ClH/c1-4-18-14-21(27)30-20-13-16(2)12-19(22(18)20)29-17(3)23(28)26-11-5-6-24(15-26)7-9-25-10-8-24;/h12-14,17,25H,4-11,15H2,1-3H3;1H. The van der Waals surface area contributed by atoms with E-state index in [0.717, 1.165) is 62.0 Å². The van der Waals surface area contributed by atoms with Crippen LogP contribution in [0.2, 0.25) is 0 Å². The van der Waals surface area contributed by atoms with E-state index in [4.69, 9.17) is 9.15 Å². The van der Waals surface area contributed by atoms with Gasteiger partial charge in [0.25, 0.3) is 5.91 Å². The first-order valence-electron chi connectivity index (χ1n) is 11.1. The van der Waals surface area contributed by atoms with Crippen molar-refractivity contribution in [1.82, 2.24) is 10.2 Å². The van der Waals surface area contributed by atoms with Crippen molar-refractivity contribution < 1.29 is 13.9 Å². The number of aryl methyl sites for hydroxylation is 2. The van der Waals surface area contributed by atoms with Crippen molar-refractivity contribution in [2.24, 2.45) is 5.41 Å². The zero-order valence-corrected chi connectivity index (χ0v) is 19.5. The third-order valence-electron chi connectivity index (χ3n) is 6.70. The molecule has 170 valence electrons. The van der Waals surface area contributed by atoms with Crippen molar-refractivity contribution in [3.8, 4) is 5.75 Å². The zero-order valence-electron chi connectivity index (χ0n) is 18.7. The number of ether oxygens (including phenoxy) is 1. The normalized spacial score (nSPS) is 19.1. The minimum Gasteiger partial charge on any atom is -0.480 e. The molecule has 0 aliphatic carbocycles. The van der Waals surface area contributed by atoms with Gasteiger partial charge in [0, 0.05) is 19.2 Å². The van der Waals surface area contributed by atoms with E-state index in [9.17, 15) is 9.59 Å². The summed E-state index contributed by atoms with van der Waals surface area (Å²) in [6.45, 7) is 9.45. The lowest BCUT2D eigenvalue weighted by atomic mass is 9.73. The quantitative estimate of drug-likeness (QED) is 0.719. The van der Waals surface area contributed by atoms with E-state index in [1.54, 1.807) is 0 Å². The highest BCUT2D eigenvalue weighted by molar-refractivity contribution is 5.88. The van der Waals surface area contributed by atoms with Gasteiger partial charge in [-0.25, -0.2) is 4.79 Å². The van der Waals surface area contributed by atoms with Gasteiger partial charge in [-0.3, -0.25) is 4.79 Å². The van der Waals surface area contributed by atoms with E-state index in [1.807, 2.05) is 37.8 Å². The number of carbonyl (C=O) groups excluding carboxylic acids is 1. The van der Waals surface area contributed by atoms with Crippen LogP contribution in [0.25, 0.3) is 11.0 Å². The highest BCUT2D eigenvalue weighted by Gasteiger charge is 2.39.